The molecule has 0 saturated heterocycles. The van der Waals surface area contributed by atoms with Gasteiger partial charge < -0.3 is 33.5 Å². The second kappa shape index (κ2) is 21.0. The molecular weight excluding hydrogens is 628 g/mol. The van der Waals surface area contributed by atoms with Crippen molar-refractivity contribution in [1.82, 2.24) is 9.80 Å². The zero-order valence-electron chi connectivity index (χ0n) is 32.5. The number of unbranched alkanes of at least 4 members (excludes halogenated alkanes) is 2. The highest BCUT2D eigenvalue weighted by Crippen LogP contribution is 2.41. The summed E-state index contributed by atoms with van der Waals surface area (Å²) in [5.74, 6) is 1.51. The van der Waals surface area contributed by atoms with Crippen LogP contribution in [-0.2, 0) is 12.8 Å². The van der Waals surface area contributed by atoms with E-state index in [0.29, 0.717) is 65.4 Å². The molecule has 0 aliphatic carbocycles. The number of methoxy groups -OCH3 is 1. The Kier molecular flexibility index (Phi) is 17.2. The lowest BCUT2D eigenvalue weighted by Crippen LogP contribution is -2.25. The van der Waals surface area contributed by atoms with Gasteiger partial charge >= 0.3 is 0 Å². The molecule has 278 valence electrons. The molecule has 50 heavy (non-hydrogen) atoms. The van der Waals surface area contributed by atoms with Gasteiger partial charge in [-0.3, -0.25) is 4.79 Å². The number of phenolic OH excluding ortho intramolecular Hbond substituents is 1. The van der Waals surface area contributed by atoms with Crippen LogP contribution in [0.4, 0.5) is 0 Å². The van der Waals surface area contributed by atoms with Gasteiger partial charge in [-0.2, -0.15) is 0 Å². The van der Waals surface area contributed by atoms with E-state index in [0.717, 1.165) is 88.9 Å². The maximum Gasteiger partial charge on any atom is 0.204 e. The number of rotatable bonds is 23. The molecule has 8 heteroatoms. The molecule has 0 saturated carbocycles. The molecule has 0 bridgehead atoms. The molecule has 0 aliphatic rings. The minimum atomic E-state index is -0.295. The summed E-state index contributed by atoms with van der Waals surface area (Å²) < 4.78 is 25.1. The van der Waals surface area contributed by atoms with E-state index in [1.54, 1.807) is 19.2 Å². The van der Waals surface area contributed by atoms with Crippen molar-refractivity contribution in [2.24, 2.45) is 0 Å². The van der Waals surface area contributed by atoms with Crippen LogP contribution in [0.5, 0.6) is 23.0 Å². The molecule has 0 amide bonds. The second-order valence-electron chi connectivity index (χ2n) is 13.7. The highest BCUT2D eigenvalue weighted by atomic mass is 16.5. The Morgan fingerprint density at radius 3 is 1.72 bits per heavy atom. The van der Waals surface area contributed by atoms with Crippen LogP contribution < -0.4 is 19.6 Å². The first-order valence-electron chi connectivity index (χ1n) is 18.9. The summed E-state index contributed by atoms with van der Waals surface area (Å²) >= 11 is 0. The monoisotopic (exact) mass is 692 g/mol. The van der Waals surface area contributed by atoms with Crippen LogP contribution in [0, 0.1) is 0 Å². The average Bonchev–Trinajstić information content (AvgIpc) is 3.08. The van der Waals surface area contributed by atoms with Gasteiger partial charge in [-0.1, -0.05) is 51.0 Å². The molecule has 0 spiro atoms. The topological polar surface area (TPSA) is 84.6 Å². The van der Waals surface area contributed by atoms with E-state index in [1.807, 2.05) is 33.8 Å². The average molecular weight is 693 g/mol. The lowest BCUT2D eigenvalue weighted by molar-refractivity contribution is 0.252. The lowest BCUT2D eigenvalue weighted by Gasteiger charge is -2.20. The lowest BCUT2D eigenvalue weighted by atomic mass is 9.98. The van der Waals surface area contributed by atoms with Gasteiger partial charge in [-0.15, -0.1) is 0 Å². The van der Waals surface area contributed by atoms with Crippen molar-refractivity contribution in [3.8, 4) is 23.0 Å². The van der Waals surface area contributed by atoms with E-state index in [2.05, 4.69) is 43.6 Å². The smallest absolute Gasteiger partial charge is 0.204 e. The molecule has 1 aromatic heterocycles. The number of benzene rings is 2. The van der Waals surface area contributed by atoms with Crippen molar-refractivity contribution in [2.75, 3.05) is 59.6 Å². The SMILES string of the molecule is CCCN(CC)CCCCOc1cc2oc3cc(OCCCCN(CC)CCC)c(OC)c(CC=C(C)C)c3c(=O)c2c(O)c1CC=C(C)C. The van der Waals surface area contributed by atoms with Crippen LogP contribution >= 0.6 is 0 Å². The minimum absolute atomic E-state index is 0.0950. The van der Waals surface area contributed by atoms with Gasteiger partial charge in [0.15, 0.2) is 11.5 Å². The predicted octanol–water partition coefficient (Wildman–Crippen LogP) is 9.46. The first-order chi connectivity index (χ1) is 24.1. The Morgan fingerprint density at radius 2 is 1.22 bits per heavy atom. The van der Waals surface area contributed by atoms with E-state index < -0.39 is 0 Å². The summed E-state index contributed by atoms with van der Waals surface area (Å²) in [7, 11) is 1.61. The summed E-state index contributed by atoms with van der Waals surface area (Å²) in [5.41, 5.74) is 3.89. The van der Waals surface area contributed by atoms with E-state index in [1.165, 1.54) is 0 Å². The molecule has 3 aromatic rings. The van der Waals surface area contributed by atoms with Crippen molar-refractivity contribution in [3.63, 3.8) is 0 Å². The maximum absolute atomic E-state index is 14.4. The molecule has 2 aromatic carbocycles. The minimum Gasteiger partial charge on any atom is -0.507 e. The predicted molar refractivity (Wildman–Crippen MR) is 209 cm³/mol. The van der Waals surface area contributed by atoms with Crippen LogP contribution in [-0.4, -0.2) is 74.5 Å². The van der Waals surface area contributed by atoms with Gasteiger partial charge in [0.05, 0.1) is 25.7 Å². The zero-order chi connectivity index (χ0) is 36.6. The van der Waals surface area contributed by atoms with Gasteiger partial charge in [0.2, 0.25) is 5.43 Å². The highest BCUT2D eigenvalue weighted by Gasteiger charge is 2.24. The number of aromatic hydroxyl groups is 1. The van der Waals surface area contributed by atoms with Gasteiger partial charge in [0, 0.05) is 23.3 Å². The van der Waals surface area contributed by atoms with Crippen LogP contribution in [0.3, 0.4) is 0 Å². The van der Waals surface area contributed by atoms with Crippen molar-refractivity contribution in [1.29, 1.82) is 0 Å². The van der Waals surface area contributed by atoms with E-state index >= 15 is 0 Å². The Bertz CT molecular complexity index is 1630. The summed E-state index contributed by atoms with van der Waals surface area (Å²) in [6, 6.07) is 3.54. The number of hydrogen-bond acceptors (Lipinski definition) is 8. The molecule has 0 atom stereocenters. The largest absolute Gasteiger partial charge is 0.507 e. The van der Waals surface area contributed by atoms with Crippen molar-refractivity contribution in [2.45, 2.75) is 107 Å². The highest BCUT2D eigenvalue weighted by molar-refractivity contribution is 5.98. The molecule has 0 unspecified atom stereocenters. The van der Waals surface area contributed by atoms with Gasteiger partial charge in [-0.05, 0) is 118 Å². The Labute approximate surface area is 301 Å². The van der Waals surface area contributed by atoms with Crippen LogP contribution in [0.15, 0.2) is 44.6 Å². The fourth-order valence-corrected chi connectivity index (χ4v) is 6.40. The number of fused-ring (bicyclic) bond motifs is 2. The fourth-order valence-electron chi connectivity index (χ4n) is 6.40. The molecule has 3 rings (SSSR count). The van der Waals surface area contributed by atoms with Crippen LogP contribution in [0.2, 0.25) is 0 Å². The summed E-state index contributed by atoms with van der Waals surface area (Å²) in [6.45, 7) is 24.3. The van der Waals surface area contributed by atoms with E-state index in [4.69, 9.17) is 18.6 Å². The number of hydrogen-bond donors (Lipinski definition) is 1. The molecule has 0 aliphatic heterocycles. The number of ether oxygens (including phenoxy) is 3. The standard InChI is InChI=1S/C42H64N2O6/c1-10-22-43(12-3)24-14-16-26-48-34-28-36-39(40(45)32(34)20-18-30(5)6)41(46)38-33(21-19-31(7)8)42(47-9)37(29-35(38)50-36)49-27-17-15-25-44(13-4)23-11-2/h18-19,28-29,45H,10-17,20-27H2,1-9H3. The third-order valence-corrected chi connectivity index (χ3v) is 9.17. The van der Waals surface area contributed by atoms with Crippen LogP contribution in [0.1, 0.15) is 105 Å². The first-order valence-corrected chi connectivity index (χ1v) is 18.9. The quantitative estimate of drug-likeness (QED) is 0.0598. The maximum atomic E-state index is 14.4. The molecule has 0 fully saturated rings. The summed E-state index contributed by atoms with van der Waals surface area (Å²) in [6.07, 6.45) is 11.1. The third-order valence-electron chi connectivity index (χ3n) is 9.17. The normalized spacial score (nSPS) is 11.5. The molecular formula is C42H64N2O6. The molecule has 0 radical (unpaired) electrons. The molecule has 8 nitrogen and oxygen atoms in total. The number of phenols is 1. The van der Waals surface area contributed by atoms with Crippen molar-refractivity contribution >= 4 is 21.9 Å². The Morgan fingerprint density at radius 1 is 0.720 bits per heavy atom. The van der Waals surface area contributed by atoms with Crippen molar-refractivity contribution in [3.05, 3.63) is 56.8 Å². The Balaban J connectivity index is 2.07. The molecule has 1 N–H and O–H groups in total. The fraction of sp³-hybridized carbons (Fsp3) is 0.595. The summed E-state index contributed by atoms with van der Waals surface area (Å²) in [4.78, 5) is 19.4. The van der Waals surface area contributed by atoms with E-state index in [9.17, 15) is 9.90 Å². The van der Waals surface area contributed by atoms with Gasteiger partial charge in [-0.25, -0.2) is 0 Å². The van der Waals surface area contributed by atoms with Gasteiger partial charge in [0.1, 0.15) is 28.1 Å². The first kappa shape index (κ1) is 40.9. The molecule has 1 heterocycles. The zero-order valence-corrected chi connectivity index (χ0v) is 32.5. The number of nitrogens with zero attached hydrogens (tertiary/aromatic N) is 2. The van der Waals surface area contributed by atoms with Crippen molar-refractivity contribution < 1.29 is 23.7 Å². The second-order valence-corrected chi connectivity index (χ2v) is 13.7. The van der Waals surface area contributed by atoms with Gasteiger partial charge in [0.25, 0.3) is 0 Å². The number of allylic oxidation sites excluding steroid dienone is 4. The van der Waals surface area contributed by atoms with E-state index in [-0.39, 0.29) is 22.1 Å². The van der Waals surface area contributed by atoms with Crippen LogP contribution in [0.25, 0.3) is 21.9 Å². The third kappa shape index (κ3) is 11.3. The summed E-state index contributed by atoms with van der Waals surface area (Å²) in [5, 5.41) is 12.3. The Hall–Kier alpha value is -3.49.